The van der Waals surface area contributed by atoms with Crippen molar-refractivity contribution < 1.29 is 9.59 Å². The van der Waals surface area contributed by atoms with E-state index in [0.717, 1.165) is 31.4 Å². The Labute approximate surface area is 158 Å². The summed E-state index contributed by atoms with van der Waals surface area (Å²) in [7, 11) is 0. The van der Waals surface area contributed by atoms with Crippen LogP contribution in [0.25, 0.3) is 0 Å². The number of rotatable bonds is 5. The summed E-state index contributed by atoms with van der Waals surface area (Å²) in [6.07, 6.45) is 4.39. The quantitative estimate of drug-likeness (QED) is 0.792. The Hall–Kier alpha value is -2.77. The Morgan fingerprint density at radius 2 is 2.00 bits per heavy atom. The van der Waals surface area contributed by atoms with Crippen molar-refractivity contribution >= 4 is 11.8 Å². The second kappa shape index (κ2) is 7.46. The van der Waals surface area contributed by atoms with Crippen LogP contribution in [0.15, 0.2) is 30.6 Å². The van der Waals surface area contributed by atoms with Crippen molar-refractivity contribution in [2.45, 2.75) is 38.8 Å². The highest BCUT2D eigenvalue weighted by Gasteiger charge is 2.41. The number of hydrogen-bond donors (Lipinski definition) is 0. The van der Waals surface area contributed by atoms with Crippen LogP contribution in [0.3, 0.4) is 0 Å². The Morgan fingerprint density at radius 1 is 1.19 bits per heavy atom. The molecular weight excluding hydrogens is 344 g/mol. The van der Waals surface area contributed by atoms with E-state index < -0.39 is 0 Å². The molecule has 3 fully saturated rings. The van der Waals surface area contributed by atoms with Crippen molar-refractivity contribution in [1.82, 2.24) is 30.0 Å². The molecule has 0 aliphatic carbocycles. The van der Waals surface area contributed by atoms with E-state index in [-0.39, 0.29) is 23.8 Å². The number of carbonyl (C=O) groups excluding carboxylic acids is 2. The lowest BCUT2D eigenvalue weighted by Crippen LogP contribution is -2.48. The fourth-order valence-electron chi connectivity index (χ4n) is 4.12. The van der Waals surface area contributed by atoms with Crippen LogP contribution in [0, 0.1) is 5.92 Å². The van der Waals surface area contributed by atoms with Gasteiger partial charge in [0.1, 0.15) is 6.33 Å². The van der Waals surface area contributed by atoms with Crippen LogP contribution < -0.4 is 0 Å². The summed E-state index contributed by atoms with van der Waals surface area (Å²) < 4.78 is 1.64. The van der Waals surface area contributed by atoms with E-state index in [2.05, 4.69) is 22.4 Å². The van der Waals surface area contributed by atoms with Gasteiger partial charge in [-0.2, -0.15) is 0 Å². The maximum Gasteiger partial charge on any atom is 0.253 e. The van der Waals surface area contributed by atoms with Crippen molar-refractivity contribution in [2.24, 2.45) is 5.92 Å². The molecule has 2 atom stereocenters. The van der Waals surface area contributed by atoms with Crippen molar-refractivity contribution in [3.8, 4) is 0 Å². The second-order valence-electron chi connectivity index (χ2n) is 7.37. The first-order valence-corrected chi connectivity index (χ1v) is 9.55. The number of aromatic nitrogens is 4. The van der Waals surface area contributed by atoms with E-state index in [9.17, 15) is 9.59 Å². The average molecular weight is 368 g/mol. The third kappa shape index (κ3) is 3.56. The number of tetrazole rings is 1. The molecule has 0 radical (unpaired) electrons. The first-order valence-electron chi connectivity index (χ1n) is 9.55. The SMILES string of the molecule is CCCN1C(=O)[C@@H]2CC[C@H]1CN(C(=O)c1ccc(Cn3cnnn3)cc1)C2. The van der Waals surface area contributed by atoms with Crippen LogP contribution in [-0.4, -0.2) is 67.5 Å². The summed E-state index contributed by atoms with van der Waals surface area (Å²) in [6, 6.07) is 7.70. The molecular formula is C19H24N6O2. The van der Waals surface area contributed by atoms with Crippen LogP contribution in [0.1, 0.15) is 42.1 Å². The normalized spacial score (nSPS) is 22.2. The Bertz CT molecular complexity index is 804. The number of nitrogens with zero attached hydrogens (tertiary/aromatic N) is 6. The van der Waals surface area contributed by atoms with Crippen molar-refractivity contribution in [3.63, 3.8) is 0 Å². The third-order valence-corrected chi connectivity index (χ3v) is 5.48. The molecule has 0 N–H and O–H groups in total. The summed E-state index contributed by atoms with van der Waals surface area (Å²) in [6.45, 7) is 4.60. The molecule has 2 bridgehead atoms. The van der Waals surface area contributed by atoms with E-state index in [0.29, 0.717) is 25.2 Å². The lowest BCUT2D eigenvalue weighted by atomic mass is 9.94. The first kappa shape index (κ1) is 17.6. The van der Waals surface area contributed by atoms with Gasteiger partial charge >= 0.3 is 0 Å². The van der Waals surface area contributed by atoms with Gasteiger partial charge in [-0.25, -0.2) is 4.68 Å². The minimum absolute atomic E-state index is 0.00650. The predicted octanol–water partition coefficient (Wildman–Crippen LogP) is 1.19. The molecule has 3 saturated heterocycles. The van der Waals surface area contributed by atoms with Crippen LogP contribution >= 0.6 is 0 Å². The number of fused-ring (bicyclic) bond motifs is 4. The highest BCUT2D eigenvalue weighted by molar-refractivity contribution is 5.95. The molecule has 0 saturated carbocycles. The number of piperidine rings is 1. The summed E-state index contributed by atoms with van der Waals surface area (Å²) in [5.74, 6) is 0.172. The lowest BCUT2D eigenvalue weighted by molar-refractivity contribution is -0.139. The molecule has 3 aliphatic heterocycles. The molecule has 5 rings (SSSR count). The molecule has 0 unspecified atom stereocenters. The summed E-state index contributed by atoms with van der Waals surface area (Å²) in [5, 5.41) is 11.1. The smallest absolute Gasteiger partial charge is 0.253 e. The Balaban J connectivity index is 1.47. The number of amides is 2. The second-order valence-corrected chi connectivity index (χ2v) is 7.37. The maximum atomic E-state index is 13.0. The van der Waals surface area contributed by atoms with Gasteiger partial charge in [-0.05, 0) is 47.4 Å². The molecule has 2 aromatic rings. The van der Waals surface area contributed by atoms with E-state index in [4.69, 9.17) is 0 Å². The third-order valence-electron chi connectivity index (χ3n) is 5.48. The minimum Gasteiger partial charge on any atom is -0.338 e. The van der Waals surface area contributed by atoms with Crippen molar-refractivity contribution in [1.29, 1.82) is 0 Å². The van der Waals surface area contributed by atoms with Crippen molar-refractivity contribution in [3.05, 3.63) is 41.7 Å². The van der Waals surface area contributed by atoms with Gasteiger partial charge in [-0.15, -0.1) is 5.10 Å². The molecule has 2 amide bonds. The van der Waals surface area contributed by atoms with Crippen LogP contribution in [0.4, 0.5) is 0 Å². The van der Waals surface area contributed by atoms with Gasteiger partial charge in [0.15, 0.2) is 0 Å². The molecule has 27 heavy (non-hydrogen) atoms. The largest absolute Gasteiger partial charge is 0.338 e. The number of benzene rings is 1. The minimum atomic E-state index is -0.0571. The highest BCUT2D eigenvalue weighted by atomic mass is 16.2. The molecule has 1 aromatic heterocycles. The zero-order chi connectivity index (χ0) is 18.8. The zero-order valence-corrected chi connectivity index (χ0v) is 15.5. The number of carbonyl (C=O) groups is 2. The fourth-order valence-corrected chi connectivity index (χ4v) is 4.12. The lowest BCUT2D eigenvalue weighted by Gasteiger charge is -2.35. The van der Waals surface area contributed by atoms with Crippen LogP contribution in [0.5, 0.6) is 0 Å². The molecule has 3 aliphatic rings. The zero-order valence-electron chi connectivity index (χ0n) is 15.5. The Morgan fingerprint density at radius 3 is 2.70 bits per heavy atom. The fraction of sp³-hybridized carbons (Fsp3) is 0.526. The van der Waals surface area contributed by atoms with Gasteiger partial charge in [-0.3, -0.25) is 9.59 Å². The average Bonchev–Trinajstić information content (AvgIpc) is 3.04. The van der Waals surface area contributed by atoms with E-state index in [1.165, 1.54) is 0 Å². The van der Waals surface area contributed by atoms with E-state index >= 15 is 0 Å². The van der Waals surface area contributed by atoms with Crippen LogP contribution in [0.2, 0.25) is 0 Å². The molecule has 8 heteroatoms. The van der Waals surface area contributed by atoms with Crippen LogP contribution in [-0.2, 0) is 11.3 Å². The van der Waals surface area contributed by atoms with E-state index in [1.54, 1.807) is 11.0 Å². The Kier molecular flexibility index (Phi) is 4.87. The van der Waals surface area contributed by atoms with Crippen molar-refractivity contribution in [2.75, 3.05) is 19.6 Å². The van der Waals surface area contributed by atoms with Gasteiger partial charge in [0.2, 0.25) is 5.91 Å². The molecule has 1 aromatic carbocycles. The van der Waals surface area contributed by atoms with Gasteiger partial charge in [0.25, 0.3) is 5.91 Å². The summed E-state index contributed by atoms with van der Waals surface area (Å²) >= 11 is 0. The summed E-state index contributed by atoms with van der Waals surface area (Å²) in [4.78, 5) is 29.6. The monoisotopic (exact) mass is 368 g/mol. The molecule has 4 heterocycles. The first-order chi connectivity index (χ1) is 13.2. The van der Waals surface area contributed by atoms with Gasteiger partial charge in [0.05, 0.1) is 12.5 Å². The molecule has 8 nitrogen and oxygen atoms in total. The van der Waals surface area contributed by atoms with Gasteiger partial charge in [0, 0.05) is 31.2 Å². The highest BCUT2D eigenvalue weighted by Crippen LogP contribution is 2.30. The maximum absolute atomic E-state index is 13.0. The number of hydrogen-bond acceptors (Lipinski definition) is 5. The topological polar surface area (TPSA) is 84.2 Å². The van der Waals surface area contributed by atoms with Gasteiger partial charge in [-0.1, -0.05) is 19.1 Å². The standard InChI is InChI=1S/C19H24N6O2/c1-2-9-25-17-8-7-16(19(25)27)11-23(12-17)18(26)15-5-3-14(4-6-15)10-24-13-20-21-22-24/h3-6,13,16-17H,2,7-12H2,1H3/t16-,17+/m1/s1. The predicted molar refractivity (Wildman–Crippen MR) is 97.8 cm³/mol. The van der Waals surface area contributed by atoms with E-state index in [1.807, 2.05) is 34.1 Å². The summed E-state index contributed by atoms with van der Waals surface area (Å²) in [5.41, 5.74) is 1.69. The molecule has 142 valence electrons. The van der Waals surface area contributed by atoms with Gasteiger partial charge < -0.3 is 9.80 Å². The molecule has 0 spiro atoms.